The summed E-state index contributed by atoms with van der Waals surface area (Å²) in [6.07, 6.45) is 2.09. The highest BCUT2D eigenvalue weighted by atomic mass is 35.5. The molecule has 0 bridgehead atoms. The predicted octanol–water partition coefficient (Wildman–Crippen LogP) is 3.78. The Kier molecular flexibility index (Phi) is 5.66. The van der Waals surface area contributed by atoms with Crippen LogP contribution in [0.5, 0.6) is 11.6 Å². The van der Waals surface area contributed by atoms with Gasteiger partial charge in [0.25, 0.3) is 5.91 Å². The molecule has 0 spiro atoms. The van der Waals surface area contributed by atoms with Gasteiger partial charge in [0.05, 0.1) is 25.0 Å². The highest BCUT2D eigenvalue weighted by Crippen LogP contribution is 2.52. The number of anilines is 1. The third-order valence-corrected chi connectivity index (χ3v) is 5.73. The van der Waals surface area contributed by atoms with E-state index in [-0.39, 0.29) is 39.7 Å². The van der Waals surface area contributed by atoms with E-state index in [9.17, 15) is 13.9 Å². The number of methoxy groups -OCH3 is 1. The Morgan fingerprint density at radius 3 is 2.93 bits per heavy atom. The normalized spacial score (nSPS) is 17.2. The number of nitrogens with zero attached hydrogens (tertiary/aromatic N) is 1. The molecule has 146 valence electrons. The monoisotopic (exact) mass is 413 g/mol. The number of nitrogens with one attached hydrogen (secondary N) is 2. The summed E-state index contributed by atoms with van der Waals surface area (Å²) in [6, 6.07) is 5.87. The van der Waals surface area contributed by atoms with Crippen LogP contribution in [0.3, 0.4) is 0 Å². The molecule has 1 aliphatic rings. The van der Waals surface area contributed by atoms with Gasteiger partial charge >= 0.3 is 0 Å². The third kappa shape index (κ3) is 4.22. The molecule has 4 N–H and O–H groups in total. The van der Waals surface area contributed by atoms with E-state index in [4.69, 9.17) is 21.1 Å². The van der Waals surface area contributed by atoms with Crippen LogP contribution in [-0.4, -0.2) is 39.8 Å². The van der Waals surface area contributed by atoms with Gasteiger partial charge in [-0.05, 0) is 30.7 Å². The Hall–Kier alpha value is -2.20. The van der Waals surface area contributed by atoms with Gasteiger partial charge in [-0.25, -0.2) is 4.98 Å². The third-order valence-electron chi connectivity index (χ3n) is 4.04. The van der Waals surface area contributed by atoms with Crippen LogP contribution < -0.4 is 19.5 Å². The van der Waals surface area contributed by atoms with Crippen LogP contribution in [0.25, 0.3) is 0 Å². The van der Waals surface area contributed by atoms with Crippen LogP contribution in [0.4, 0.5) is 5.69 Å². The largest absolute Gasteiger partial charge is 0.495 e. The average molecular weight is 414 g/mol. The van der Waals surface area contributed by atoms with Crippen LogP contribution >= 0.6 is 22.4 Å². The Labute approximate surface area is 163 Å². The lowest BCUT2D eigenvalue weighted by atomic mass is 10.2. The molecule has 0 saturated carbocycles. The number of amides is 1. The number of ether oxygens (including phenoxy) is 2. The number of rotatable bonds is 5. The van der Waals surface area contributed by atoms with Crippen molar-refractivity contribution >= 4 is 34.0 Å². The molecule has 2 heterocycles. The standard InChI is InChI=1S/C17H20ClN3O5S/c1-3-11-9-26-17-13(16(22)20-11)7-12(8-19-17)21-27(23,24)15-6-10(18)4-5-14(15)25-2/h4-8,11,21,23-24H,3,9H2,1-2H3,(H,20,22)/t11-/m0/s1. The Bertz CT molecular complexity index is 864. The van der Waals surface area contributed by atoms with E-state index in [1.54, 1.807) is 6.07 Å². The molecule has 0 radical (unpaired) electrons. The molecule has 0 saturated heterocycles. The zero-order valence-corrected chi connectivity index (χ0v) is 16.3. The number of pyridine rings is 1. The first kappa shape index (κ1) is 19.6. The van der Waals surface area contributed by atoms with Crippen molar-refractivity contribution < 1.29 is 23.4 Å². The highest BCUT2D eigenvalue weighted by Gasteiger charge is 2.26. The zero-order chi connectivity index (χ0) is 19.6. The van der Waals surface area contributed by atoms with Crippen molar-refractivity contribution in [3.05, 3.63) is 41.0 Å². The van der Waals surface area contributed by atoms with Crippen LogP contribution in [0.15, 0.2) is 35.4 Å². The summed E-state index contributed by atoms with van der Waals surface area (Å²) >= 11 is 5.97. The Morgan fingerprint density at radius 1 is 1.44 bits per heavy atom. The summed E-state index contributed by atoms with van der Waals surface area (Å²) < 4.78 is 34.6. The van der Waals surface area contributed by atoms with Gasteiger partial charge in [0, 0.05) is 5.02 Å². The second-order valence-electron chi connectivity index (χ2n) is 5.91. The van der Waals surface area contributed by atoms with Crippen molar-refractivity contribution in [2.75, 3.05) is 18.4 Å². The fraction of sp³-hybridized carbons (Fsp3) is 0.294. The van der Waals surface area contributed by atoms with Crippen LogP contribution in [0.1, 0.15) is 23.7 Å². The number of hydrogen-bond acceptors (Lipinski definition) is 7. The molecule has 1 aromatic heterocycles. The molecule has 0 aliphatic carbocycles. The number of fused-ring (bicyclic) bond motifs is 1. The minimum Gasteiger partial charge on any atom is -0.495 e. The van der Waals surface area contributed by atoms with Gasteiger partial charge in [-0.2, -0.15) is 0 Å². The lowest BCUT2D eigenvalue weighted by Gasteiger charge is -2.34. The molecule has 1 amide bonds. The molecular weight excluding hydrogens is 394 g/mol. The van der Waals surface area contributed by atoms with Crippen molar-refractivity contribution in [2.45, 2.75) is 24.3 Å². The lowest BCUT2D eigenvalue weighted by Crippen LogP contribution is -2.36. The molecule has 3 rings (SSSR count). The Morgan fingerprint density at radius 2 is 2.22 bits per heavy atom. The highest BCUT2D eigenvalue weighted by molar-refractivity contribution is 8.25. The topological polar surface area (TPSA) is 113 Å². The number of carbonyl (C=O) groups excluding carboxylic acids is 1. The van der Waals surface area contributed by atoms with Crippen molar-refractivity contribution in [3.8, 4) is 11.6 Å². The summed E-state index contributed by atoms with van der Waals surface area (Å²) in [4.78, 5) is 16.6. The summed E-state index contributed by atoms with van der Waals surface area (Å²) in [5, 5.41) is 3.17. The van der Waals surface area contributed by atoms with Gasteiger partial charge < -0.3 is 14.8 Å². The first-order valence-corrected chi connectivity index (χ1v) is 10.1. The minimum atomic E-state index is -3.52. The molecule has 1 aromatic carbocycles. The number of hydrogen-bond donors (Lipinski definition) is 4. The van der Waals surface area contributed by atoms with Crippen LogP contribution in [0, 0.1) is 0 Å². The smallest absolute Gasteiger partial charge is 0.257 e. The van der Waals surface area contributed by atoms with E-state index in [2.05, 4.69) is 15.0 Å². The summed E-state index contributed by atoms with van der Waals surface area (Å²) in [5.74, 6) is 0.134. The molecule has 0 fully saturated rings. The maximum Gasteiger partial charge on any atom is 0.257 e. The van der Waals surface area contributed by atoms with Gasteiger partial charge in [-0.3, -0.25) is 18.6 Å². The van der Waals surface area contributed by atoms with E-state index in [0.717, 1.165) is 6.42 Å². The second-order valence-corrected chi connectivity index (χ2v) is 8.09. The van der Waals surface area contributed by atoms with Gasteiger partial charge in [-0.1, -0.05) is 29.3 Å². The zero-order valence-electron chi connectivity index (χ0n) is 14.7. The molecule has 1 aliphatic heterocycles. The number of benzene rings is 1. The predicted molar refractivity (Wildman–Crippen MR) is 104 cm³/mol. The SMILES string of the molecule is CC[C@H]1COc2ncc(NS(O)(O)c3cc(Cl)ccc3OC)cc2C(=O)N1. The van der Waals surface area contributed by atoms with Crippen LogP contribution in [-0.2, 0) is 0 Å². The first-order chi connectivity index (χ1) is 12.8. The minimum absolute atomic E-state index is 0.0965. The van der Waals surface area contributed by atoms with E-state index in [1.807, 2.05) is 6.92 Å². The molecule has 8 nitrogen and oxygen atoms in total. The average Bonchev–Trinajstić information content (AvgIpc) is 2.80. The van der Waals surface area contributed by atoms with Gasteiger partial charge in [0.1, 0.15) is 22.8 Å². The van der Waals surface area contributed by atoms with E-state index >= 15 is 0 Å². The molecule has 27 heavy (non-hydrogen) atoms. The fourth-order valence-corrected chi connectivity index (χ4v) is 4.09. The number of carbonyl (C=O) groups is 1. The van der Waals surface area contributed by atoms with Crippen molar-refractivity contribution in [3.63, 3.8) is 0 Å². The molecule has 2 aromatic rings. The summed E-state index contributed by atoms with van der Waals surface area (Å²) in [6.45, 7) is 2.27. The molecular formula is C17H20ClN3O5S. The maximum atomic E-state index is 12.4. The van der Waals surface area contributed by atoms with Crippen molar-refractivity contribution in [1.82, 2.24) is 10.3 Å². The maximum absolute atomic E-state index is 12.4. The summed E-state index contributed by atoms with van der Waals surface area (Å²) in [7, 11) is -2.10. The molecule has 0 unspecified atom stereocenters. The quantitative estimate of drug-likeness (QED) is 0.589. The van der Waals surface area contributed by atoms with Gasteiger partial charge in [0.15, 0.2) is 0 Å². The van der Waals surface area contributed by atoms with Crippen molar-refractivity contribution in [1.29, 1.82) is 0 Å². The fourth-order valence-electron chi connectivity index (χ4n) is 2.58. The van der Waals surface area contributed by atoms with Crippen molar-refractivity contribution in [2.24, 2.45) is 0 Å². The first-order valence-electron chi connectivity index (χ1n) is 8.17. The lowest BCUT2D eigenvalue weighted by molar-refractivity contribution is 0.0937. The van der Waals surface area contributed by atoms with Crippen LogP contribution in [0.2, 0.25) is 5.02 Å². The van der Waals surface area contributed by atoms with E-state index in [1.165, 1.54) is 31.5 Å². The van der Waals surface area contributed by atoms with E-state index < -0.39 is 10.8 Å². The number of aromatic nitrogens is 1. The molecule has 10 heteroatoms. The second kappa shape index (κ2) is 7.81. The van der Waals surface area contributed by atoms with Gasteiger partial charge in [-0.15, -0.1) is 0 Å². The van der Waals surface area contributed by atoms with E-state index in [0.29, 0.717) is 11.6 Å². The van der Waals surface area contributed by atoms with Gasteiger partial charge in [0.2, 0.25) is 5.88 Å². The Balaban J connectivity index is 1.91. The number of halogens is 1. The summed E-state index contributed by atoms with van der Waals surface area (Å²) in [5.41, 5.74) is 0.452. The molecule has 1 atom stereocenters.